The Labute approximate surface area is 118 Å². The zero-order valence-electron chi connectivity index (χ0n) is 11.4. The molecule has 1 aromatic heterocycles. The number of rotatable bonds is 5. The number of anilines is 1. The van der Waals surface area contributed by atoms with Crippen LogP contribution in [0.5, 0.6) is 0 Å². The van der Waals surface area contributed by atoms with Crippen LogP contribution >= 0.6 is 0 Å². The zero-order valence-corrected chi connectivity index (χ0v) is 11.4. The molecule has 0 spiro atoms. The van der Waals surface area contributed by atoms with Gasteiger partial charge in [-0.15, -0.1) is 0 Å². The Morgan fingerprint density at radius 3 is 2.24 bits per heavy atom. The van der Waals surface area contributed by atoms with Crippen molar-refractivity contribution in [1.29, 1.82) is 0 Å². The van der Waals surface area contributed by atoms with Gasteiger partial charge in [0.2, 0.25) is 5.91 Å². The van der Waals surface area contributed by atoms with Crippen LogP contribution < -0.4 is 16.8 Å². The van der Waals surface area contributed by atoms with Crippen molar-refractivity contribution in [2.75, 3.05) is 5.32 Å². The minimum Gasteiger partial charge on any atom is -0.370 e. The second kappa shape index (κ2) is 5.58. The maximum absolute atomic E-state index is 12.7. The first-order valence-electron chi connectivity index (χ1n) is 5.87. The lowest BCUT2D eigenvalue weighted by Gasteiger charge is -2.26. The molecule has 0 atom stereocenters. The van der Waals surface area contributed by atoms with E-state index >= 15 is 0 Å². The first kappa shape index (κ1) is 16.7. The predicted octanol–water partition coefficient (Wildman–Crippen LogP) is 1.27. The van der Waals surface area contributed by atoms with E-state index in [9.17, 15) is 22.8 Å². The molecule has 0 aromatic carbocycles. The average Bonchev–Trinajstić information content (AvgIpc) is 2.24. The van der Waals surface area contributed by atoms with E-state index in [0.717, 1.165) is 6.07 Å². The number of alkyl halides is 3. The number of aromatic nitrogens is 1. The van der Waals surface area contributed by atoms with Crippen LogP contribution in [-0.4, -0.2) is 22.3 Å². The smallest absolute Gasteiger partial charge is 0.370 e. The monoisotopic (exact) mass is 304 g/mol. The quantitative estimate of drug-likeness (QED) is 0.760. The SMILES string of the molecule is CC(C)(CC(N)=O)Nc1nc(C(F)(F)F)ccc1C(N)=O. The minimum absolute atomic E-state index is 0.164. The highest BCUT2D eigenvalue weighted by molar-refractivity contribution is 5.97. The summed E-state index contributed by atoms with van der Waals surface area (Å²) >= 11 is 0. The lowest BCUT2D eigenvalue weighted by atomic mass is 10.00. The molecule has 0 radical (unpaired) electrons. The van der Waals surface area contributed by atoms with Crippen molar-refractivity contribution in [3.05, 3.63) is 23.4 Å². The van der Waals surface area contributed by atoms with E-state index in [4.69, 9.17) is 11.5 Å². The molecule has 0 saturated carbocycles. The Balaban J connectivity index is 3.24. The Kier molecular flexibility index (Phi) is 4.45. The van der Waals surface area contributed by atoms with Crippen molar-refractivity contribution >= 4 is 17.6 Å². The number of nitrogens with two attached hydrogens (primary N) is 2. The molecular weight excluding hydrogens is 289 g/mol. The standard InChI is InChI=1S/C12H15F3N4O2/c1-11(2,5-8(16)20)19-10-6(9(17)21)3-4-7(18-10)12(13,14)15/h3-4H,5H2,1-2H3,(H2,16,20)(H2,17,21)(H,18,19). The van der Waals surface area contributed by atoms with Gasteiger partial charge in [0.05, 0.1) is 5.56 Å². The number of pyridine rings is 1. The number of amides is 2. The third-order valence-electron chi connectivity index (χ3n) is 2.52. The molecule has 6 nitrogen and oxygen atoms in total. The highest BCUT2D eigenvalue weighted by Crippen LogP contribution is 2.30. The van der Waals surface area contributed by atoms with E-state index in [2.05, 4.69) is 10.3 Å². The maximum Gasteiger partial charge on any atom is 0.433 e. The lowest BCUT2D eigenvalue weighted by molar-refractivity contribution is -0.141. The molecule has 0 bridgehead atoms. The summed E-state index contributed by atoms with van der Waals surface area (Å²) in [5, 5.41) is 2.60. The number of primary amides is 2. The molecular formula is C12H15F3N4O2. The topological polar surface area (TPSA) is 111 Å². The Bertz CT molecular complexity index is 570. The van der Waals surface area contributed by atoms with Crippen LogP contribution in [0.1, 0.15) is 36.3 Å². The summed E-state index contributed by atoms with van der Waals surface area (Å²) in [7, 11) is 0. The van der Waals surface area contributed by atoms with E-state index in [1.807, 2.05) is 0 Å². The van der Waals surface area contributed by atoms with Crippen molar-refractivity contribution < 1.29 is 22.8 Å². The minimum atomic E-state index is -4.67. The van der Waals surface area contributed by atoms with E-state index in [1.165, 1.54) is 13.8 Å². The Hall–Kier alpha value is -2.32. The molecule has 116 valence electrons. The van der Waals surface area contributed by atoms with Crippen LogP contribution in [0.25, 0.3) is 0 Å². The molecule has 1 rings (SSSR count). The second-order valence-corrected chi connectivity index (χ2v) is 5.11. The van der Waals surface area contributed by atoms with E-state index in [1.54, 1.807) is 0 Å². The summed E-state index contributed by atoms with van der Waals surface area (Å²) in [6.07, 6.45) is -4.83. The molecule has 0 aliphatic rings. The summed E-state index contributed by atoms with van der Waals surface area (Å²) < 4.78 is 38.0. The van der Waals surface area contributed by atoms with Gasteiger partial charge in [0.1, 0.15) is 11.5 Å². The van der Waals surface area contributed by atoms with E-state index in [0.29, 0.717) is 6.07 Å². The summed E-state index contributed by atoms with van der Waals surface area (Å²) in [5.74, 6) is -1.93. The molecule has 1 aromatic rings. The fourth-order valence-electron chi connectivity index (χ4n) is 1.71. The van der Waals surface area contributed by atoms with Gasteiger partial charge >= 0.3 is 6.18 Å². The number of hydrogen-bond donors (Lipinski definition) is 3. The van der Waals surface area contributed by atoms with Gasteiger partial charge in [-0.25, -0.2) is 4.98 Å². The Morgan fingerprint density at radius 1 is 1.24 bits per heavy atom. The number of nitrogens with one attached hydrogen (secondary N) is 1. The zero-order chi connectivity index (χ0) is 16.4. The van der Waals surface area contributed by atoms with Gasteiger partial charge in [-0.2, -0.15) is 13.2 Å². The normalized spacial score (nSPS) is 12.0. The molecule has 2 amide bonds. The predicted molar refractivity (Wildman–Crippen MR) is 69.3 cm³/mol. The summed E-state index contributed by atoms with van der Waals surface area (Å²) in [6, 6.07) is 1.59. The molecule has 0 unspecified atom stereocenters. The molecule has 21 heavy (non-hydrogen) atoms. The van der Waals surface area contributed by atoms with Crippen LogP contribution in [-0.2, 0) is 11.0 Å². The molecule has 0 aliphatic carbocycles. The Morgan fingerprint density at radius 2 is 1.81 bits per heavy atom. The van der Waals surface area contributed by atoms with Gasteiger partial charge < -0.3 is 16.8 Å². The van der Waals surface area contributed by atoms with Crippen LogP contribution in [0.2, 0.25) is 0 Å². The second-order valence-electron chi connectivity index (χ2n) is 5.11. The summed E-state index contributed by atoms with van der Waals surface area (Å²) in [4.78, 5) is 25.6. The van der Waals surface area contributed by atoms with Crippen molar-refractivity contribution in [2.24, 2.45) is 11.5 Å². The molecule has 1 heterocycles. The van der Waals surface area contributed by atoms with Crippen molar-refractivity contribution in [2.45, 2.75) is 32.0 Å². The third kappa shape index (κ3) is 4.62. The van der Waals surface area contributed by atoms with Gasteiger partial charge in [0, 0.05) is 12.0 Å². The molecule has 0 aliphatic heterocycles. The molecule has 5 N–H and O–H groups in total. The van der Waals surface area contributed by atoms with E-state index in [-0.39, 0.29) is 17.8 Å². The largest absolute Gasteiger partial charge is 0.433 e. The lowest BCUT2D eigenvalue weighted by Crippen LogP contribution is -2.37. The number of carbonyl (C=O) groups is 2. The summed E-state index contributed by atoms with van der Waals surface area (Å²) in [5.41, 5.74) is 7.78. The van der Waals surface area contributed by atoms with Crippen LogP contribution in [0.3, 0.4) is 0 Å². The highest BCUT2D eigenvalue weighted by atomic mass is 19.4. The van der Waals surface area contributed by atoms with Crippen LogP contribution in [0, 0.1) is 0 Å². The van der Waals surface area contributed by atoms with Gasteiger partial charge in [0.15, 0.2) is 0 Å². The van der Waals surface area contributed by atoms with Crippen molar-refractivity contribution in [1.82, 2.24) is 4.98 Å². The van der Waals surface area contributed by atoms with Gasteiger partial charge in [-0.3, -0.25) is 9.59 Å². The first-order chi connectivity index (χ1) is 9.42. The van der Waals surface area contributed by atoms with E-state index < -0.39 is 29.2 Å². The average molecular weight is 304 g/mol. The fraction of sp³-hybridized carbons (Fsp3) is 0.417. The van der Waals surface area contributed by atoms with Crippen molar-refractivity contribution in [3.8, 4) is 0 Å². The van der Waals surface area contributed by atoms with Crippen LogP contribution in [0.4, 0.5) is 19.0 Å². The number of carbonyl (C=O) groups excluding carboxylic acids is 2. The molecule has 0 saturated heterocycles. The van der Waals surface area contributed by atoms with Gasteiger partial charge in [-0.05, 0) is 26.0 Å². The van der Waals surface area contributed by atoms with Gasteiger partial charge in [-0.1, -0.05) is 0 Å². The molecule has 9 heteroatoms. The highest BCUT2D eigenvalue weighted by Gasteiger charge is 2.34. The molecule has 0 fully saturated rings. The third-order valence-corrected chi connectivity index (χ3v) is 2.52. The number of nitrogens with zero attached hydrogens (tertiary/aromatic N) is 1. The fourth-order valence-corrected chi connectivity index (χ4v) is 1.71. The first-order valence-corrected chi connectivity index (χ1v) is 5.87. The van der Waals surface area contributed by atoms with Crippen LogP contribution in [0.15, 0.2) is 12.1 Å². The number of hydrogen-bond acceptors (Lipinski definition) is 4. The summed E-state index contributed by atoms with van der Waals surface area (Å²) in [6.45, 7) is 3.06. The van der Waals surface area contributed by atoms with Crippen molar-refractivity contribution in [3.63, 3.8) is 0 Å². The van der Waals surface area contributed by atoms with Gasteiger partial charge in [0.25, 0.3) is 5.91 Å². The maximum atomic E-state index is 12.7. The number of halogens is 3.